The molecule has 2 bridgehead atoms. The van der Waals surface area contributed by atoms with Crippen LogP contribution in [-0.4, -0.2) is 87.6 Å². The minimum Gasteiger partial charge on any atom is -0.455 e. The number of rotatable bonds is 14. The fourth-order valence-electron chi connectivity index (χ4n) is 7.09. The van der Waals surface area contributed by atoms with Crippen molar-refractivity contribution in [3.63, 3.8) is 0 Å². The summed E-state index contributed by atoms with van der Waals surface area (Å²) in [5.74, 6) is -3.20. The van der Waals surface area contributed by atoms with Crippen molar-refractivity contribution in [2.75, 3.05) is 19.7 Å². The summed E-state index contributed by atoms with van der Waals surface area (Å²) in [7, 11) is 0. The van der Waals surface area contributed by atoms with Crippen LogP contribution in [0, 0.1) is 11.8 Å². The van der Waals surface area contributed by atoms with Crippen molar-refractivity contribution < 1.29 is 33.8 Å². The molecule has 1 spiro atoms. The maximum Gasteiger partial charge on any atom is 0.313 e. The second kappa shape index (κ2) is 13.6. The van der Waals surface area contributed by atoms with Crippen molar-refractivity contribution >= 4 is 23.7 Å². The van der Waals surface area contributed by atoms with E-state index in [1.54, 1.807) is 24.0 Å². The number of benzene rings is 1. The van der Waals surface area contributed by atoms with Crippen molar-refractivity contribution in [2.45, 2.75) is 95.2 Å². The van der Waals surface area contributed by atoms with E-state index in [1.165, 1.54) is 4.90 Å². The van der Waals surface area contributed by atoms with Crippen molar-refractivity contribution in [3.8, 4) is 0 Å². The second-order valence-corrected chi connectivity index (χ2v) is 13.0. The minimum atomic E-state index is -1.19. The summed E-state index contributed by atoms with van der Waals surface area (Å²) in [5, 5.41) is 12.6. The van der Waals surface area contributed by atoms with Gasteiger partial charge in [0.15, 0.2) is 0 Å². The van der Waals surface area contributed by atoms with Gasteiger partial charge in [-0.2, -0.15) is 0 Å². The molecule has 7 atom stereocenters. The van der Waals surface area contributed by atoms with E-state index in [-0.39, 0.29) is 50.3 Å². The van der Waals surface area contributed by atoms with E-state index < -0.39 is 53.2 Å². The molecule has 0 unspecified atom stereocenters. The summed E-state index contributed by atoms with van der Waals surface area (Å²) in [5.41, 5.74) is -1.04. The van der Waals surface area contributed by atoms with Crippen LogP contribution in [-0.2, 0) is 28.7 Å². The SMILES string of the molecule is C=CCCC(=O)N[C@@H](C)[C@H](OC(=O)[C@@H]1[C@@H]2CC[C@]3(O2)[C@H](C(=O)N(CC=C)C(C)(C)C)N(CCCO)C(=O)[C@@H]13)c1ccccc1. The standard InChI is InChI=1S/C34H47N3O7/c1-7-9-16-25(39)35-22(3)28(23-14-11-10-12-15-23)43-32(42)26-24-17-18-34(44-24)27(26)30(40)36(20-13-21-38)29(34)31(41)37(19-8-2)33(4,5)6/h7-8,10-12,14-15,22,24,26-29,38H,1-2,9,13,16-21H2,3-6H3,(H,35,39)/t22-,24-,26+,27+,28-,29-,34+/m0/s1. The van der Waals surface area contributed by atoms with Crippen LogP contribution < -0.4 is 5.32 Å². The summed E-state index contributed by atoms with van der Waals surface area (Å²) >= 11 is 0. The first-order chi connectivity index (χ1) is 20.9. The summed E-state index contributed by atoms with van der Waals surface area (Å²) < 4.78 is 12.7. The summed E-state index contributed by atoms with van der Waals surface area (Å²) in [6, 6.07) is 7.68. The van der Waals surface area contributed by atoms with Gasteiger partial charge in [0, 0.05) is 31.7 Å². The molecule has 0 radical (unpaired) electrons. The van der Waals surface area contributed by atoms with Gasteiger partial charge in [-0.3, -0.25) is 19.2 Å². The van der Waals surface area contributed by atoms with Gasteiger partial charge in [-0.05, 0) is 58.9 Å². The molecule has 1 aromatic rings. The van der Waals surface area contributed by atoms with Gasteiger partial charge in [0.05, 0.1) is 24.0 Å². The average molecular weight is 610 g/mol. The normalized spacial score (nSPS) is 26.9. The topological polar surface area (TPSA) is 125 Å². The predicted octanol–water partition coefficient (Wildman–Crippen LogP) is 3.31. The number of aliphatic hydroxyl groups is 1. The Balaban J connectivity index is 1.66. The first-order valence-electron chi connectivity index (χ1n) is 15.6. The van der Waals surface area contributed by atoms with Gasteiger partial charge >= 0.3 is 5.97 Å². The molecule has 2 N–H and O–H groups in total. The Labute approximate surface area is 260 Å². The molecule has 10 heteroatoms. The molecule has 0 aliphatic carbocycles. The number of ether oxygens (including phenoxy) is 2. The number of nitrogens with zero attached hydrogens (tertiary/aromatic N) is 2. The lowest BCUT2D eigenvalue weighted by atomic mass is 9.70. The maximum absolute atomic E-state index is 14.3. The first kappa shape index (κ1) is 33.4. The lowest BCUT2D eigenvalue weighted by molar-refractivity contribution is -0.162. The second-order valence-electron chi connectivity index (χ2n) is 13.0. The average Bonchev–Trinajstić information content (AvgIpc) is 3.63. The Hall–Kier alpha value is -3.50. The molecule has 0 aromatic heterocycles. The minimum absolute atomic E-state index is 0.151. The molecule has 1 aromatic carbocycles. The fraction of sp³-hybridized carbons (Fsp3) is 0.588. The fourth-order valence-corrected chi connectivity index (χ4v) is 7.09. The van der Waals surface area contributed by atoms with E-state index in [0.717, 1.165) is 0 Å². The molecule has 0 saturated carbocycles. The molecular weight excluding hydrogens is 562 g/mol. The Bertz CT molecular complexity index is 1250. The molecule has 3 amide bonds. The van der Waals surface area contributed by atoms with E-state index in [0.29, 0.717) is 24.8 Å². The number of aliphatic hydroxyl groups excluding tert-OH is 1. The largest absolute Gasteiger partial charge is 0.455 e. The number of likely N-dealkylation sites (tertiary alicyclic amines) is 1. The molecule has 240 valence electrons. The monoisotopic (exact) mass is 609 g/mol. The molecule has 44 heavy (non-hydrogen) atoms. The number of amides is 3. The first-order valence-corrected chi connectivity index (χ1v) is 15.6. The van der Waals surface area contributed by atoms with Crippen LogP contribution in [0.3, 0.4) is 0 Å². The van der Waals surface area contributed by atoms with Crippen LogP contribution in [0.5, 0.6) is 0 Å². The zero-order valence-corrected chi connectivity index (χ0v) is 26.4. The quantitative estimate of drug-likeness (QED) is 0.245. The van der Waals surface area contributed by atoms with Crippen LogP contribution in [0.4, 0.5) is 0 Å². The third-order valence-corrected chi connectivity index (χ3v) is 9.04. The van der Waals surface area contributed by atoms with Crippen LogP contribution in [0.1, 0.15) is 71.5 Å². The van der Waals surface area contributed by atoms with Crippen molar-refractivity contribution in [1.29, 1.82) is 0 Å². The zero-order chi connectivity index (χ0) is 32.2. The van der Waals surface area contributed by atoms with Gasteiger partial charge in [-0.1, -0.05) is 42.5 Å². The summed E-state index contributed by atoms with van der Waals surface area (Å²) in [6.45, 7) is 15.3. The van der Waals surface area contributed by atoms with E-state index in [2.05, 4.69) is 18.5 Å². The third kappa shape index (κ3) is 6.33. The number of carbonyl (C=O) groups is 4. The van der Waals surface area contributed by atoms with Gasteiger partial charge in [-0.15, -0.1) is 13.2 Å². The number of esters is 1. The van der Waals surface area contributed by atoms with Gasteiger partial charge in [-0.25, -0.2) is 0 Å². The van der Waals surface area contributed by atoms with Crippen molar-refractivity contribution in [1.82, 2.24) is 15.1 Å². The predicted molar refractivity (Wildman–Crippen MR) is 165 cm³/mol. The van der Waals surface area contributed by atoms with E-state index >= 15 is 0 Å². The molecule has 3 aliphatic rings. The Morgan fingerprint density at radius 3 is 2.55 bits per heavy atom. The highest BCUT2D eigenvalue weighted by Crippen LogP contribution is 2.59. The van der Waals surface area contributed by atoms with Crippen molar-refractivity contribution in [3.05, 3.63) is 61.2 Å². The number of nitrogens with one attached hydrogen (secondary N) is 1. The molecule has 3 saturated heterocycles. The number of carbonyl (C=O) groups excluding carboxylic acids is 4. The molecule has 4 rings (SSSR count). The van der Waals surface area contributed by atoms with Crippen LogP contribution >= 0.6 is 0 Å². The summed E-state index contributed by atoms with van der Waals surface area (Å²) in [6.07, 6.45) is 3.95. The summed E-state index contributed by atoms with van der Waals surface area (Å²) in [4.78, 5) is 58.3. The lowest BCUT2D eigenvalue weighted by Gasteiger charge is -2.42. The Morgan fingerprint density at radius 2 is 1.93 bits per heavy atom. The van der Waals surface area contributed by atoms with Gasteiger partial charge in [0.25, 0.3) is 0 Å². The highest BCUT2D eigenvalue weighted by molar-refractivity contribution is 5.98. The lowest BCUT2D eigenvalue weighted by Crippen LogP contribution is -2.60. The smallest absolute Gasteiger partial charge is 0.313 e. The van der Waals surface area contributed by atoms with Gasteiger partial charge in [0.2, 0.25) is 17.7 Å². The van der Waals surface area contributed by atoms with Crippen LogP contribution in [0.15, 0.2) is 55.6 Å². The number of hydrogen-bond acceptors (Lipinski definition) is 7. The molecular formula is C34H47N3O7. The Morgan fingerprint density at radius 1 is 1.23 bits per heavy atom. The number of allylic oxidation sites excluding steroid dienone is 1. The van der Waals surface area contributed by atoms with Crippen molar-refractivity contribution in [2.24, 2.45) is 11.8 Å². The highest BCUT2D eigenvalue weighted by atomic mass is 16.6. The number of fused-ring (bicyclic) bond motifs is 1. The number of hydrogen-bond donors (Lipinski definition) is 2. The highest BCUT2D eigenvalue weighted by Gasteiger charge is 2.75. The van der Waals surface area contributed by atoms with E-state index in [4.69, 9.17) is 9.47 Å². The Kier molecular flexibility index (Phi) is 10.4. The molecule has 10 nitrogen and oxygen atoms in total. The van der Waals surface area contributed by atoms with Gasteiger partial charge in [0.1, 0.15) is 17.7 Å². The zero-order valence-electron chi connectivity index (χ0n) is 26.4. The molecule has 3 heterocycles. The third-order valence-electron chi connectivity index (χ3n) is 9.04. The van der Waals surface area contributed by atoms with E-state index in [1.807, 2.05) is 51.1 Å². The van der Waals surface area contributed by atoms with Crippen LogP contribution in [0.2, 0.25) is 0 Å². The van der Waals surface area contributed by atoms with Gasteiger partial charge < -0.3 is 29.7 Å². The maximum atomic E-state index is 14.3. The molecule has 3 fully saturated rings. The van der Waals surface area contributed by atoms with Crippen LogP contribution in [0.25, 0.3) is 0 Å². The van der Waals surface area contributed by atoms with E-state index in [9.17, 15) is 24.3 Å². The molecule has 3 aliphatic heterocycles.